The zero-order valence-corrected chi connectivity index (χ0v) is 24.1. The summed E-state index contributed by atoms with van der Waals surface area (Å²) < 4.78 is 21.6. The van der Waals surface area contributed by atoms with Crippen LogP contribution >= 0.6 is 11.3 Å². The lowest BCUT2D eigenvalue weighted by molar-refractivity contribution is -0.133. The van der Waals surface area contributed by atoms with Crippen molar-refractivity contribution in [3.63, 3.8) is 0 Å². The van der Waals surface area contributed by atoms with E-state index in [9.17, 15) is 14.0 Å². The molecule has 4 aromatic rings. The van der Waals surface area contributed by atoms with Gasteiger partial charge in [0.15, 0.2) is 11.6 Å². The van der Waals surface area contributed by atoms with Crippen LogP contribution in [0.15, 0.2) is 54.9 Å². The summed E-state index contributed by atoms with van der Waals surface area (Å²) >= 11 is 1.48. The number of nitrogens with zero attached hydrogens (tertiary/aromatic N) is 4. The third-order valence-electron chi connectivity index (χ3n) is 8.23. The third kappa shape index (κ3) is 6.03. The number of carbonyl (C=O) groups is 2. The van der Waals surface area contributed by atoms with Crippen LogP contribution in [0.4, 0.5) is 14.9 Å². The van der Waals surface area contributed by atoms with Crippen LogP contribution < -0.4 is 15.4 Å². The van der Waals surface area contributed by atoms with Crippen LogP contribution in [0.3, 0.4) is 0 Å². The van der Waals surface area contributed by atoms with E-state index >= 15 is 0 Å². The predicted molar refractivity (Wildman–Crippen MR) is 160 cm³/mol. The van der Waals surface area contributed by atoms with Crippen LogP contribution in [0.1, 0.15) is 18.4 Å². The molecule has 0 spiro atoms. The van der Waals surface area contributed by atoms with Gasteiger partial charge in [0.25, 0.3) is 0 Å². The van der Waals surface area contributed by atoms with Crippen molar-refractivity contribution in [3.05, 3.63) is 66.2 Å². The van der Waals surface area contributed by atoms with Gasteiger partial charge < -0.3 is 25.4 Å². The Morgan fingerprint density at radius 1 is 1.02 bits per heavy atom. The van der Waals surface area contributed by atoms with Gasteiger partial charge in [-0.1, -0.05) is 6.07 Å². The minimum Gasteiger partial charge on any atom is -0.453 e. The summed E-state index contributed by atoms with van der Waals surface area (Å²) in [5.41, 5.74) is 3.02. The van der Waals surface area contributed by atoms with Gasteiger partial charge in [-0.05, 0) is 54.5 Å². The maximum Gasteiger partial charge on any atom is 0.319 e. The molecule has 12 heteroatoms. The number of fused-ring (bicyclic) bond motifs is 2. The standard InChI is InChI=1S/C31H31FN6O4S/c32-23-9-22(36-31(41)35-21-2-3-21)4-6-26(23)42-27-7-8-33-25-10-28(43-30(25)27)24-5-1-18(11-34-24)12-37-13-19-15-38(29(40)17-39)16-20(19)14-37/h1,4-11,19-21,39H,2-3,12-17H2,(H2,35,36,41). The summed E-state index contributed by atoms with van der Waals surface area (Å²) in [6.45, 7) is 3.68. The van der Waals surface area contributed by atoms with Gasteiger partial charge in [-0.2, -0.15) is 0 Å². The molecular formula is C31H31FN6O4S. The van der Waals surface area contributed by atoms with Gasteiger partial charge >= 0.3 is 6.03 Å². The predicted octanol–water partition coefficient (Wildman–Crippen LogP) is 4.46. The first-order chi connectivity index (χ1) is 20.9. The summed E-state index contributed by atoms with van der Waals surface area (Å²) in [4.78, 5) is 38.1. The van der Waals surface area contributed by atoms with Crippen LogP contribution in [0.5, 0.6) is 11.5 Å². The molecule has 2 atom stereocenters. The molecule has 2 saturated heterocycles. The first kappa shape index (κ1) is 27.7. The summed E-state index contributed by atoms with van der Waals surface area (Å²) in [7, 11) is 0. The highest BCUT2D eigenvalue weighted by atomic mass is 32.1. The number of hydrogen-bond acceptors (Lipinski definition) is 8. The number of thiophene rings is 1. The Hall–Kier alpha value is -4.13. The Morgan fingerprint density at radius 3 is 2.53 bits per heavy atom. The van der Waals surface area contributed by atoms with E-state index in [2.05, 4.69) is 26.6 Å². The topological polar surface area (TPSA) is 120 Å². The van der Waals surface area contributed by atoms with E-state index in [1.165, 1.54) is 23.5 Å². The number of aliphatic hydroxyl groups is 1. The molecule has 2 aliphatic heterocycles. The molecule has 3 fully saturated rings. The minimum atomic E-state index is -0.583. The van der Waals surface area contributed by atoms with E-state index in [0.717, 1.165) is 71.9 Å². The summed E-state index contributed by atoms with van der Waals surface area (Å²) in [6, 6.07) is 12.0. The van der Waals surface area contributed by atoms with Crippen LogP contribution in [-0.4, -0.2) is 75.6 Å². The molecule has 5 heterocycles. The molecule has 1 aliphatic carbocycles. The first-order valence-corrected chi connectivity index (χ1v) is 15.2. The zero-order chi connectivity index (χ0) is 29.5. The number of halogens is 1. The van der Waals surface area contributed by atoms with Gasteiger partial charge in [-0.25, -0.2) is 9.18 Å². The fourth-order valence-corrected chi connectivity index (χ4v) is 6.97. The number of ether oxygens (including phenoxy) is 1. The number of aliphatic hydroxyl groups excluding tert-OH is 1. The number of likely N-dealkylation sites (tertiary alicyclic amines) is 2. The molecule has 2 unspecified atom stereocenters. The van der Waals surface area contributed by atoms with Gasteiger partial charge in [0.2, 0.25) is 5.91 Å². The van der Waals surface area contributed by atoms with Crippen LogP contribution in [0, 0.1) is 17.7 Å². The molecule has 3 aliphatic rings. The lowest BCUT2D eigenvalue weighted by Gasteiger charge is -2.21. The van der Waals surface area contributed by atoms with Crippen molar-refractivity contribution in [2.24, 2.45) is 11.8 Å². The number of benzene rings is 1. The van der Waals surface area contributed by atoms with Gasteiger partial charge in [0.1, 0.15) is 12.4 Å². The largest absolute Gasteiger partial charge is 0.453 e. The Bertz CT molecular complexity index is 1660. The molecule has 1 aromatic carbocycles. The summed E-state index contributed by atoms with van der Waals surface area (Å²) in [5.74, 6) is 0.680. The van der Waals surface area contributed by atoms with Crippen molar-refractivity contribution >= 4 is 39.2 Å². The third-order valence-corrected chi connectivity index (χ3v) is 9.39. The van der Waals surface area contributed by atoms with Crippen molar-refractivity contribution in [1.29, 1.82) is 0 Å². The van der Waals surface area contributed by atoms with E-state index in [-0.39, 0.29) is 23.7 Å². The lowest BCUT2D eigenvalue weighted by atomic mass is 10.0. The number of hydrogen-bond donors (Lipinski definition) is 3. The molecule has 10 nitrogen and oxygen atoms in total. The highest BCUT2D eigenvalue weighted by Crippen LogP contribution is 2.39. The number of aromatic nitrogens is 2. The quantitative estimate of drug-likeness (QED) is 0.273. The Kier molecular flexibility index (Phi) is 7.41. The second-order valence-corrected chi connectivity index (χ2v) is 12.5. The molecule has 7 rings (SSSR count). The van der Waals surface area contributed by atoms with Gasteiger partial charge in [-0.15, -0.1) is 11.3 Å². The molecule has 0 bridgehead atoms. The Balaban J connectivity index is 1.00. The molecule has 3 aromatic heterocycles. The van der Waals surface area contributed by atoms with E-state index in [1.807, 2.05) is 18.3 Å². The number of pyridine rings is 2. The Labute approximate surface area is 251 Å². The van der Waals surface area contributed by atoms with Gasteiger partial charge in [0, 0.05) is 69.0 Å². The molecular weight excluding hydrogens is 571 g/mol. The smallest absolute Gasteiger partial charge is 0.319 e. The maximum absolute atomic E-state index is 14.9. The van der Waals surface area contributed by atoms with E-state index in [4.69, 9.17) is 14.8 Å². The summed E-state index contributed by atoms with van der Waals surface area (Å²) in [5, 5.41) is 14.6. The average Bonchev–Trinajstić information content (AvgIpc) is 3.37. The number of carbonyl (C=O) groups excluding carboxylic acids is 2. The second kappa shape index (κ2) is 11.5. The number of urea groups is 1. The van der Waals surface area contributed by atoms with Crippen LogP contribution in [-0.2, 0) is 11.3 Å². The van der Waals surface area contributed by atoms with Crippen molar-refractivity contribution in [1.82, 2.24) is 25.1 Å². The van der Waals surface area contributed by atoms with Gasteiger partial charge in [0.05, 0.1) is 20.8 Å². The van der Waals surface area contributed by atoms with E-state index < -0.39 is 12.4 Å². The fraction of sp³-hybridized carbons (Fsp3) is 0.355. The minimum absolute atomic E-state index is 0.0526. The zero-order valence-electron chi connectivity index (χ0n) is 23.3. The van der Waals surface area contributed by atoms with E-state index in [1.54, 1.807) is 23.2 Å². The molecule has 222 valence electrons. The van der Waals surface area contributed by atoms with Gasteiger partial charge in [-0.3, -0.25) is 19.7 Å². The summed E-state index contributed by atoms with van der Waals surface area (Å²) in [6.07, 6.45) is 5.47. The average molecular weight is 603 g/mol. The van der Waals surface area contributed by atoms with Crippen molar-refractivity contribution < 1.29 is 23.8 Å². The first-order valence-electron chi connectivity index (χ1n) is 14.4. The van der Waals surface area contributed by atoms with Crippen LogP contribution in [0.25, 0.3) is 20.8 Å². The second-order valence-electron chi connectivity index (χ2n) is 11.5. The van der Waals surface area contributed by atoms with Crippen molar-refractivity contribution in [3.8, 4) is 22.1 Å². The highest BCUT2D eigenvalue weighted by Gasteiger charge is 2.41. The highest BCUT2D eigenvalue weighted by molar-refractivity contribution is 7.22. The fourth-order valence-electron chi connectivity index (χ4n) is 5.93. The Morgan fingerprint density at radius 2 is 1.84 bits per heavy atom. The number of amides is 3. The normalized spacial score (nSPS) is 19.9. The number of anilines is 1. The SMILES string of the molecule is O=C(Nc1ccc(Oc2ccnc3cc(-c4ccc(CN5CC6CN(C(=O)CO)CC6C5)cn4)sc23)c(F)c1)NC1CC1. The van der Waals surface area contributed by atoms with Crippen molar-refractivity contribution in [2.75, 3.05) is 38.1 Å². The van der Waals surface area contributed by atoms with E-state index in [0.29, 0.717) is 23.3 Å². The molecule has 1 saturated carbocycles. The molecule has 0 radical (unpaired) electrons. The molecule has 3 N–H and O–H groups in total. The maximum atomic E-state index is 14.9. The number of rotatable bonds is 8. The monoisotopic (exact) mass is 602 g/mol. The lowest BCUT2D eigenvalue weighted by Crippen LogP contribution is -2.34. The molecule has 43 heavy (non-hydrogen) atoms. The van der Waals surface area contributed by atoms with Crippen molar-refractivity contribution in [2.45, 2.75) is 25.4 Å². The molecule has 3 amide bonds. The van der Waals surface area contributed by atoms with Crippen LogP contribution in [0.2, 0.25) is 0 Å². The number of nitrogens with one attached hydrogen (secondary N) is 2.